The maximum absolute atomic E-state index is 10.3. The Balaban J connectivity index is 0. The summed E-state index contributed by atoms with van der Waals surface area (Å²) in [6, 6.07) is 5.80. The van der Waals surface area contributed by atoms with E-state index in [1.807, 2.05) is 59.7 Å². The number of benzene rings is 1. The van der Waals surface area contributed by atoms with E-state index in [9.17, 15) is 4.79 Å². The van der Waals surface area contributed by atoms with E-state index in [2.05, 4.69) is 0 Å². The number of carbonyl (C=O) groups excluding carboxylic acids is 1. The molecule has 0 fully saturated rings. The third kappa shape index (κ3) is 6.41. The van der Waals surface area contributed by atoms with Crippen molar-refractivity contribution < 1.29 is 4.79 Å². The fraction of sp³-hybridized carbons (Fsp3) is 0.462. The lowest BCUT2D eigenvalue weighted by Crippen LogP contribution is -1.83. The molecule has 0 atom stereocenters. The molecule has 0 heterocycles. The van der Waals surface area contributed by atoms with Crippen LogP contribution >= 0.6 is 0 Å². The van der Waals surface area contributed by atoms with Gasteiger partial charge in [0.15, 0.2) is 0 Å². The summed E-state index contributed by atoms with van der Waals surface area (Å²) in [4.78, 5) is 10.3. The second-order valence-electron chi connectivity index (χ2n) is 2.54. The smallest absolute Gasteiger partial charge is 0.150 e. The average Bonchev–Trinajstić information content (AvgIpc) is 2.22. The lowest BCUT2D eigenvalue weighted by molar-refractivity contribution is 0.112. The molecule has 0 aromatic heterocycles. The van der Waals surface area contributed by atoms with Gasteiger partial charge in [-0.15, -0.1) is 0 Å². The first kappa shape index (κ1) is 15.4. The molecular weight excluding hydrogens is 172 g/mol. The van der Waals surface area contributed by atoms with Gasteiger partial charge in [0.2, 0.25) is 0 Å². The Kier molecular flexibility index (Phi) is 10.9. The van der Waals surface area contributed by atoms with E-state index < -0.39 is 0 Å². The summed E-state index contributed by atoms with van der Waals surface area (Å²) < 4.78 is 0. The van der Waals surface area contributed by atoms with Crippen LogP contribution in [0.4, 0.5) is 0 Å². The molecule has 0 spiro atoms. The summed E-state index contributed by atoms with van der Waals surface area (Å²) in [7, 11) is 0. The third-order valence-electron chi connectivity index (χ3n) is 1.38. The van der Waals surface area contributed by atoms with Crippen LogP contribution in [0.2, 0.25) is 0 Å². The van der Waals surface area contributed by atoms with Crippen molar-refractivity contribution >= 4 is 6.29 Å². The molecule has 0 amide bonds. The summed E-state index contributed by atoms with van der Waals surface area (Å²) >= 11 is 0. The molecule has 1 aromatic rings. The SMILES string of the molecule is CC.CC.Cc1cc(C)cc(C=O)c1. The monoisotopic (exact) mass is 194 g/mol. The largest absolute Gasteiger partial charge is 0.298 e. The van der Waals surface area contributed by atoms with Gasteiger partial charge in [-0.25, -0.2) is 0 Å². The highest BCUT2D eigenvalue weighted by Gasteiger charge is 1.91. The number of hydrogen-bond donors (Lipinski definition) is 0. The number of aldehydes is 1. The summed E-state index contributed by atoms with van der Waals surface area (Å²) in [6.45, 7) is 12.0. The van der Waals surface area contributed by atoms with E-state index in [1.54, 1.807) is 0 Å². The van der Waals surface area contributed by atoms with Crippen molar-refractivity contribution in [2.75, 3.05) is 0 Å². The summed E-state index contributed by atoms with van der Waals surface area (Å²) in [5.41, 5.74) is 3.04. The lowest BCUT2D eigenvalue weighted by Gasteiger charge is -1.96. The van der Waals surface area contributed by atoms with Gasteiger partial charge >= 0.3 is 0 Å². The molecule has 1 nitrogen and oxygen atoms in total. The molecule has 14 heavy (non-hydrogen) atoms. The van der Waals surface area contributed by atoms with Gasteiger partial charge in [-0.05, 0) is 26.0 Å². The van der Waals surface area contributed by atoms with E-state index in [0.717, 1.165) is 23.0 Å². The Labute approximate surface area is 88.2 Å². The molecule has 0 N–H and O–H groups in total. The minimum Gasteiger partial charge on any atom is -0.298 e. The van der Waals surface area contributed by atoms with Crippen molar-refractivity contribution in [2.24, 2.45) is 0 Å². The molecule has 1 rings (SSSR count). The lowest BCUT2D eigenvalue weighted by atomic mass is 10.1. The number of rotatable bonds is 1. The molecule has 0 aliphatic rings. The van der Waals surface area contributed by atoms with Gasteiger partial charge in [-0.2, -0.15) is 0 Å². The topological polar surface area (TPSA) is 17.1 Å². The minimum absolute atomic E-state index is 0.762. The Morgan fingerprint density at radius 2 is 1.21 bits per heavy atom. The van der Waals surface area contributed by atoms with Gasteiger partial charge < -0.3 is 0 Å². The molecule has 80 valence electrons. The third-order valence-corrected chi connectivity index (χ3v) is 1.38. The van der Waals surface area contributed by atoms with Crippen LogP contribution < -0.4 is 0 Å². The average molecular weight is 194 g/mol. The van der Waals surface area contributed by atoms with Crippen molar-refractivity contribution in [1.82, 2.24) is 0 Å². The van der Waals surface area contributed by atoms with Crippen LogP contribution in [-0.2, 0) is 0 Å². The second kappa shape index (κ2) is 9.97. The van der Waals surface area contributed by atoms with Crippen molar-refractivity contribution in [3.05, 3.63) is 34.9 Å². The van der Waals surface area contributed by atoms with Gasteiger partial charge in [-0.3, -0.25) is 4.79 Å². The van der Waals surface area contributed by atoms with Crippen LogP contribution in [0, 0.1) is 13.8 Å². The highest BCUT2D eigenvalue weighted by atomic mass is 16.1. The molecule has 0 saturated carbocycles. The molecular formula is C13H22O. The van der Waals surface area contributed by atoms with Crippen molar-refractivity contribution in [3.63, 3.8) is 0 Å². The summed E-state index contributed by atoms with van der Waals surface area (Å²) in [6.07, 6.45) is 0.875. The zero-order chi connectivity index (χ0) is 11.6. The van der Waals surface area contributed by atoms with Gasteiger partial charge in [-0.1, -0.05) is 44.9 Å². The van der Waals surface area contributed by atoms with Crippen molar-refractivity contribution in [1.29, 1.82) is 0 Å². The second-order valence-corrected chi connectivity index (χ2v) is 2.54. The quantitative estimate of drug-likeness (QED) is 0.613. The van der Waals surface area contributed by atoms with E-state index in [0.29, 0.717) is 0 Å². The molecule has 1 aromatic carbocycles. The molecule has 1 heteroatoms. The first-order chi connectivity index (χ1) is 6.72. The molecule has 0 aliphatic carbocycles. The maximum atomic E-state index is 10.3. The van der Waals surface area contributed by atoms with Gasteiger partial charge in [0, 0.05) is 5.56 Å². The highest BCUT2D eigenvalue weighted by Crippen LogP contribution is 2.05. The van der Waals surface area contributed by atoms with E-state index in [4.69, 9.17) is 0 Å². The van der Waals surface area contributed by atoms with Gasteiger partial charge in [0.25, 0.3) is 0 Å². The fourth-order valence-corrected chi connectivity index (χ4v) is 1.08. The minimum atomic E-state index is 0.762. The van der Waals surface area contributed by atoms with Crippen LogP contribution in [0.25, 0.3) is 0 Å². The predicted molar refractivity (Wildman–Crippen MR) is 64.0 cm³/mol. The standard InChI is InChI=1S/C9H10O.2C2H6/c1-7-3-8(2)5-9(4-7)6-10;2*1-2/h3-6H,1-2H3;2*1-2H3. The number of carbonyl (C=O) groups is 1. The van der Waals surface area contributed by atoms with Crippen LogP contribution in [-0.4, -0.2) is 6.29 Å². The summed E-state index contributed by atoms with van der Waals surface area (Å²) in [5, 5.41) is 0. The molecule has 0 radical (unpaired) electrons. The zero-order valence-electron chi connectivity index (χ0n) is 10.2. The Morgan fingerprint density at radius 1 is 0.857 bits per heavy atom. The van der Waals surface area contributed by atoms with E-state index >= 15 is 0 Å². The highest BCUT2D eigenvalue weighted by molar-refractivity contribution is 5.75. The zero-order valence-corrected chi connectivity index (χ0v) is 10.2. The predicted octanol–water partition coefficient (Wildman–Crippen LogP) is 4.17. The van der Waals surface area contributed by atoms with Crippen molar-refractivity contribution in [3.8, 4) is 0 Å². The van der Waals surface area contributed by atoms with Gasteiger partial charge in [0.1, 0.15) is 6.29 Å². The summed E-state index contributed by atoms with van der Waals surface area (Å²) in [5.74, 6) is 0. The van der Waals surface area contributed by atoms with Crippen molar-refractivity contribution in [2.45, 2.75) is 41.5 Å². The Bertz CT molecular complexity index is 231. The number of hydrogen-bond acceptors (Lipinski definition) is 1. The van der Waals surface area contributed by atoms with Crippen LogP contribution in [0.3, 0.4) is 0 Å². The maximum Gasteiger partial charge on any atom is 0.150 e. The van der Waals surface area contributed by atoms with Gasteiger partial charge in [0.05, 0.1) is 0 Å². The normalized spacial score (nSPS) is 7.57. The molecule has 0 aliphatic heterocycles. The van der Waals surface area contributed by atoms with Crippen LogP contribution in [0.5, 0.6) is 0 Å². The van der Waals surface area contributed by atoms with Crippen LogP contribution in [0.1, 0.15) is 49.2 Å². The Morgan fingerprint density at radius 3 is 1.50 bits per heavy atom. The van der Waals surface area contributed by atoms with E-state index in [1.165, 1.54) is 0 Å². The first-order valence-corrected chi connectivity index (χ1v) is 5.26. The molecule has 0 unspecified atom stereocenters. The number of aryl methyl sites for hydroxylation is 2. The Hall–Kier alpha value is -1.11. The van der Waals surface area contributed by atoms with Crippen LogP contribution in [0.15, 0.2) is 18.2 Å². The first-order valence-electron chi connectivity index (χ1n) is 5.26. The molecule has 0 bridgehead atoms. The molecule has 0 saturated heterocycles. The fourth-order valence-electron chi connectivity index (χ4n) is 1.08. The van der Waals surface area contributed by atoms with E-state index in [-0.39, 0.29) is 0 Å².